The second kappa shape index (κ2) is 4.53. The third-order valence-electron chi connectivity index (χ3n) is 2.38. The van der Waals surface area contributed by atoms with Crippen LogP contribution in [0.2, 0.25) is 0 Å². The van der Waals surface area contributed by atoms with E-state index >= 15 is 0 Å². The van der Waals surface area contributed by atoms with Gasteiger partial charge in [-0.15, -0.1) is 0 Å². The first-order chi connectivity index (χ1) is 8.05. The number of rotatable bonds is 2. The number of hydrogen-bond acceptors (Lipinski definition) is 3. The number of aromatic nitrogens is 2. The largest absolute Gasteiger partial charge is 0.439 e. The van der Waals surface area contributed by atoms with Crippen LogP contribution >= 0.6 is 0 Å². The van der Waals surface area contributed by atoms with Crippen LogP contribution in [0.3, 0.4) is 0 Å². The molecule has 88 valence electrons. The van der Waals surface area contributed by atoms with Gasteiger partial charge in [0.05, 0.1) is 5.69 Å². The van der Waals surface area contributed by atoms with Crippen molar-refractivity contribution in [3.05, 3.63) is 48.4 Å². The molecule has 0 spiro atoms. The van der Waals surface area contributed by atoms with E-state index in [1.54, 1.807) is 6.33 Å². The van der Waals surface area contributed by atoms with Crippen LogP contribution in [0.25, 0.3) is 0 Å². The normalized spacial score (nSPS) is 11.2. The summed E-state index contributed by atoms with van der Waals surface area (Å²) in [5.74, 6) is 1.36. The Labute approximate surface area is 102 Å². The molecule has 17 heavy (non-hydrogen) atoms. The van der Waals surface area contributed by atoms with Gasteiger partial charge in [-0.3, -0.25) is 0 Å². The Hall–Kier alpha value is -1.90. The summed E-state index contributed by atoms with van der Waals surface area (Å²) < 4.78 is 5.66. The molecule has 3 heteroatoms. The topological polar surface area (TPSA) is 35.0 Å². The van der Waals surface area contributed by atoms with E-state index in [2.05, 4.69) is 30.7 Å². The Morgan fingerprint density at radius 3 is 2.35 bits per heavy atom. The third kappa shape index (κ3) is 3.03. The fourth-order valence-corrected chi connectivity index (χ4v) is 1.41. The predicted octanol–water partition coefficient (Wildman–Crippen LogP) is 3.57. The van der Waals surface area contributed by atoms with E-state index in [4.69, 9.17) is 4.74 Å². The van der Waals surface area contributed by atoms with Crippen molar-refractivity contribution in [2.45, 2.75) is 26.2 Å². The SMILES string of the molecule is CC(C)(C)c1cc(Oc2ccccc2)ncn1. The van der Waals surface area contributed by atoms with Gasteiger partial charge in [-0.05, 0) is 12.1 Å². The number of hydrogen-bond donors (Lipinski definition) is 0. The zero-order valence-corrected chi connectivity index (χ0v) is 10.3. The molecule has 3 nitrogen and oxygen atoms in total. The summed E-state index contributed by atoms with van der Waals surface area (Å²) in [6.45, 7) is 6.34. The lowest BCUT2D eigenvalue weighted by molar-refractivity contribution is 0.454. The van der Waals surface area contributed by atoms with E-state index in [0.717, 1.165) is 11.4 Å². The molecule has 0 amide bonds. The lowest BCUT2D eigenvalue weighted by atomic mass is 9.92. The Morgan fingerprint density at radius 1 is 1.00 bits per heavy atom. The number of para-hydroxylation sites is 1. The minimum atomic E-state index is -0.00224. The van der Waals surface area contributed by atoms with Crippen LogP contribution in [0.5, 0.6) is 11.6 Å². The quantitative estimate of drug-likeness (QED) is 0.788. The molecule has 1 heterocycles. The molecule has 0 bridgehead atoms. The molecule has 0 atom stereocenters. The van der Waals surface area contributed by atoms with Gasteiger partial charge in [-0.1, -0.05) is 39.0 Å². The fourth-order valence-electron chi connectivity index (χ4n) is 1.41. The van der Waals surface area contributed by atoms with Gasteiger partial charge in [0.2, 0.25) is 5.88 Å². The molecule has 0 aliphatic heterocycles. The van der Waals surface area contributed by atoms with Crippen LogP contribution in [0.1, 0.15) is 26.5 Å². The first-order valence-corrected chi connectivity index (χ1v) is 5.61. The van der Waals surface area contributed by atoms with Gasteiger partial charge in [-0.25, -0.2) is 9.97 Å². The molecule has 2 rings (SSSR count). The number of ether oxygens (including phenoxy) is 1. The van der Waals surface area contributed by atoms with Crippen LogP contribution in [0, 0.1) is 0 Å². The van der Waals surface area contributed by atoms with Gasteiger partial charge in [0.1, 0.15) is 12.1 Å². The van der Waals surface area contributed by atoms with Crippen LogP contribution < -0.4 is 4.74 Å². The van der Waals surface area contributed by atoms with Crippen molar-refractivity contribution in [1.82, 2.24) is 9.97 Å². The smallest absolute Gasteiger partial charge is 0.222 e. The van der Waals surface area contributed by atoms with Crippen molar-refractivity contribution in [3.63, 3.8) is 0 Å². The zero-order chi connectivity index (χ0) is 12.3. The highest BCUT2D eigenvalue weighted by molar-refractivity contribution is 5.28. The van der Waals surface area contributed by atoms with E-state index in [0.29, 0.717) is 5.88 Å². The van der Waals surface area contributed by atoms with Crippen LogP contribution in [0.4, 0.5) is 0 Å². The molecule has 1 aromatic heterocycles. The number of nitrogens with zero attached hydrogens (tertiary/aromatic N) is 2. The molecule has 0 saturated heterocycles. The average molecular weight is 228 g/mol. The molecule has 0 radical (unpaired) electrons. The van der Waals surface area contributed by atoms with Crippen LogP contribution in [0.15, 0.2) is 42.7 Å². The Bertz CT molecular complexity index is 489. The molecular formula is C14H16N2O. The van der Waals surface area contributed by atoms with Gasteiger partial charge in [0.25, 0.3) is 0 Å². The van der Waals surface area contributed by atoms with Crippen molar-refractivity contribution in [3.8, 4) is 11.6 Å². The molecular weight excluding hydrogens is 212 g/mol. The van der Waals surface area contributed by atoms with E-state index in [1.807, 2.05) is 36.4 Å². The lowest BCUT2D eigenvalue weighted by Crippen LogP contribution is -2.13. The Kier molecular flexibility index (Phi) is 3.09. The Balaban J connectivity index is 2.23. The monoisotopic (exact) mass is 228 g/mol. The highest BCUT2D eigenvalue weighted by Crippen LogP contribution is 2.24. The van der Waals surface area contributed by atoms with Crippen molar-refractivity contribution in [2.75, 3.05) is 0 Å². The molecule has 0 fully saturated rings. The predicted molar refractivity (Wildman–Crippen MR) is 67.2 cm³/mol. The maximum absolute atomic E-state index is 5.66. The maximum atomic E-state index is 5.66. The van der Waals surface area contributed by atoms with E-state index in [-0.39, 0.29) is 5.41 Å². The van der Waals surface area contributed by atoms with Gasteiger partial charge < -0.3 is 4.74 Å². The highest BCUT2D eigenvalue weighted by atomic mass is 16.5. The standard InChI is InChI=1S/C14H16N2O/c1-14(2,3)12-9-13(16-10-15-12)17-11-7-5-4-6-8-11/h4-10H,1-3H3. The maximum Gasteiger partial charge on any atom is 0.222 e. The summed E-state index contributed by atoms with van der Waals surface area (Å²) in [5, 5.41) is 0. The summed E-state index contributed by atoms with van der Waals surface area (Å²) in [5.41, 5.74) is 0.969. The lowest BCUT2D eigenvalue weighted by Gasteiger charge is -2.17. The molecule has 0 unspecified atom stereocenters. The zero-order valence-electron chi connectivity index (χ0n) is 10.3. The molecule has 2 aromatic rings. The molecule has 0 saturated carbocycles. The second-order valence-corrected chi connectivity index (χ2v) is 4.91. The van der Waals surface area contributed by atoms with Gasteiger partial charge in [0, 0.05) is 11.5 Å². The average Bonchev–Trinajstić information content (AvgIpc) is 2.29. The van der Waals surface area contributed by atoms with Gasteiger partial charge >= 0.3 is 0 Å². The molecule has 1 aromatic carbocycles. The van der Waals surface area contributed by atoms with Gasteiger partial charge in [0.15, 0.2) is 0 Å². The summed E-state index contributed by atoms with van der Waals surface area (Å²) >= 11 is 0. The molecule has 0 N–H and O–H groups in total. The summed E-state index contributed by atoms with van der Waals surface area (Å²) in [4.78, 5) is 8.38. The molecule has 0 aliphatic rings. The first kappa shape index (κ1) is 11.6. The fraction of sp³-hybridized carbons (Fsp3) is 0.286. The van der Waals surface area contributed by atoms with Gasteiger partial charge in [-0.2, -0.15) is 0 Å². The van der Waals surface area contributed by atoms with Crippen LogP contribution in [-0.4, -0.2) is 9.97 Å². The van der Waals surface area contributed by atoms with E-state index < -0.39 is 0 Å². The summed E-state index contributed by atoms with van der Waals surface area (Å²) in [6, 6.07) is 11.5. The number of benzene rings is 1. The molecule has 0 aliphatic carbocycles. The minimum Gasteiger partial charge on any atom is -0.439 e. The third-order valence-corrected chi connectivity index (χ3v) is 2.38. The van der Waals surface area contributed by atoms with E-state index in [1.165, 1.54) is 0 Å². The minimum absolute atomic E-state index is 0.00224. The second-order valence-electron chi connectivity index (χ2n) is 4.91. The first-order valence-electron chi connectivity index (χ1n) is 5.61. The summed E-state index contributed by atoms with van der Waals surface area (Å²) in [7, 11) is 0. The Morgan fingerprint density at radius 2 is 1.71 bits per heavy atom. The highest BCUT2D eigenvalue weighted by Gasteiger charge is 2.16. The van der Waals surface area contributed by atoms with Crippen molar-refractivity contribution in [1.29, 1.82) is 0 Å². The van der Waals surface area contributed by atoms with Crippen molar-refractivity contribution >= 4 is 0 Å². The van der Waals surface area contributed by atoms with Crippen LogP contribution in [-0.2, 0) is 5.41 Å². The summed E-state index contributed by atoms with van der Waals surface area (Å²) in [6.07, 6.45) is 1.54. The van der Waals surface area contributed by atoms with E-state index in [9.17, 15) is 0 Å². The van der Waals surface area contributed by atoms with Crippen molar-refractivity contribution in [2.24, 2.45) is 0 Å². The van der Waals surface area contributed by atoms with Crippen molar-refractivity contribution < 1.29 is 4.74 Å².